The Morgan fingerprint density at radius 1 is 1.20 bits per heavy atom. The summed E-state index contributed by atoms with van der Waals surface area (Å²) in [5.41, 5.74) is 1.91. The number of hydrogen-bond donors (Lipinski definition) is 0. The van der Waals surface area contributed by atoms with Gasteiger partial charge in [0.25, 0.3) is 0 Å². The highest BCUT2D eigenvalue weighted by Gasteiger charge is 1.98. The fourth-order valence-corrected chi connectivity index (χ4v) is 1.17. The minimum Gasteiger partial charge on any atom is -0.289 e. The molecule has 0 bridgehead atoms. The van der Waals surface area contributed by atoms with Gasteiger partial charge in [-0.25, -0.2) is 0 Å². The van der Waals surface area contributed by atoms with Gasteiger partial charge in [-0.15, -0.1) is 0 Å². The molecule has 0 aliphatic heterocycles. The van der Waals surface area contributed by atoms with Crippen molar-refractivity contribution in [2.45, 2.75) is 20.3 Å². The average Bonchev–Trinajstić information content (AvgIpc) is 2.25. The lowest BCUT2D eigenvalue weighted by atomic mass is 10.1. The number of rotatable bonds is 4. The van der Waals surface area contributed by atoms with Crippen molar-refractivity contribution < 1.29 is 4.79 Å². The van der Waals surface area contributed by atoms with Gasteiger partial charge in [0.1, 0.15) is 0 Å². The van der Waals surface area contributed by atoms with Gasteiger partial charge in [-0.3, -0.25) is 4.79 Å². The molecule has 0 fully saturated rings. The first-order valence-corrected chi connectivity index (χ1v) is 5.18. The van der Waals surface area contributed by atoms with Crippen LogP contribution in [0.4, 0.5) is 0 Å². The Hall–Kier alpha value is -1.63. The Morgan fingerprint density at radius 3 is 2.47 bits per heavy atom. The van der Waals surface area contributed by atoms with Gasteiger partial charge in [-0.05, 0) is 19.4 Å². The van der Waals surface area contributed by atoms with E-state index in [9.17, 15) is 4.79 Å². The normalized spacial score (nSPS) is 11.3. The SMILES string of the molecule is CC/C=C\C=C\C(=O)c1ccc(C)cc1. The van der Waals surface area contributed by atoms with E-state index in [4.69, 9.17) is 0 Å². The van der Waals surface area contributed by atoms with Crippen molar-refractivity contribution in [3.05, 3.63) is 59.7 Å². The Morgan fingerprint density at radius 2 is 1.87 bits per heavy atom. The van der Waals surface area contributed by atoms with Crippen LogP contribution in [-0.4, -0.2) is 5.78 Å². The van der Waals surface area contributed by atoms with E-state index in [0.29, 0.717) is 0 Å². The lowest BCUT2D eigenvalue weighted by Gasteiger charge is -1.95. The van der Waals surface area contributed by atoms with E-state index >= 15 is 0 Å². The van der Waals surface area contributed by atoms with Crippen LogP contribution in [0.3, 0.4) is 0 Å². The number of benzene rings is 1. The zero-order valence-electron chi connectivity index (χ0n) is 9.23. The summed E-state index contributed by atoms with van der Waals surface area (Å²) in [7, 11) is 0. The fourth-order valence-electron chi connectivity index (χ4n) is 1.17. The molecule has 0 aliphatic carbocycles. The van der Waals surface area contributed by atoms with Gasteiger partial charge in [0.15, 0.2) is 5.78 Å². The van der Waals surface area contributed by atoms with Crippen LogP contribution < -0.4 is 0 Å². The van der Waals surface area contributed by atoms with Crippen LogP contribution in [0.25, 0.3) is 0 Å². The maximum absolute atomic E-state index is 11.6. The summed E-state index contributed by atoms with van der Waals surface area (Å²) in [6.45, 7) is 4.07. The second-order valence-corrected chi connectivity index (χ2v) is 3.43. The minimum absolute atomic E-state index is 0.0516. The summed E-state index contributed by atoms with van der Waals surface area (Å²) < 4.78 is 0. The number of allylic oxidation sites excluding steroid dienone is 4. The van der Waals surface area contributed by atoms with Gasteiger partial charge in [0.2, 0.25) is 0 Å². The average molecular weight is 200 g/mol. The lowest BCUT2D eigenvalue weighted by molar-refractivity contribution is 0.104. The van der Waals surface area contributed by atoms with Crippen molar-refractivity contribution in [2.24, 2.45) is 0 Å². The van der Waals surface area contributed by atoms with Crippen molar-refractivity contribution in [3.8, 4) is 0 Å². The number of carbonyl (C=O) groups excluding carboxylic acids is 1. The van der Waals surface area contributed by atoms with Gasteiger partial charge in [0.05, 0.1) is 0 Å². The molecule has 1 heteroatoms. The molecule has 1 nitrogen and oxygen atoms in total. The summed E-state index contributed by atoms with van der Waals surface area (Å²) in [6, 6.07) is 7.60. The second kappa shape index (κ2) is 5.97. The van der Waals surface area contributed by atoms with Crippen LogP contribution in [-0.2, 0) is 0 Å². The molecule has 0 radical (unpaired) electrons. The Labute approximate surface area is 91.1 Å². The lowest BCUT2D eigenvalue weighted by Crippen LogP contribution is -1.93. The zero-order valence-corrected chi connectivity index (χ0v) is 9.23. The Balaban J connectivity index is 2.65. The van der Waals surface area contributed by atoms with Gasteiger partial charge in [0, 0.05) is 5.56 Å². The molecule has 0 aromatic heterocycles. The highest BCUT2D eigenvalue weighted by molar-refractivity contribution is 6.04. The zero-order chi connectivity index (χ0) is 11.1. The summed E-state index contributed by atoms with van der Waals surface area (Å²) in [6.07, 6.45) is 8.27. The molecule has 0 saturated heterocycles. The molecular formula is C14H16O. The van der Waals surface area contributed by atoms with Crippen LogP contribution in [0, 0.1) is 6.92 Å². The van der Waals surface area contributed by atoms with Crippen LogP contribution in [0.5, 0.6) is 0 Å². The molecule has 0 atom stereocenters. The molecule has 1 rings (SSSR count). The molecule has 78 valence electrons. The number of hydrogen-bond acceptors (Lipinski definition) is 1. The van der Waals surface area contributed by atoms with E-state index in [-0.39, 0.29) is 5.78 Å². The fraction of sp³-hybridized carbons (Fsp3) is 0.214. The van der Waals surface area contributed by atoms with Crippen molar-refractivity contribution in [1.82, 2.24) is 0 Å². The van der Waals surface area contributed by atoms with Gasteiger partial charge in [-0.1, -0.05) is 55.0 Å². The molecule has 0 amide bonds. The van der Waals surface area contributed by atoms with E-state index in [1.54, 1.807) is 12.2 Å². The monoisotopic (exact) mass is 200 g/mol. The second-order valence-electron chi connectivity index (χ2n) is 3.43. The van der Waals surface area contributed by atoms with Crippen molar-refractivity contribution in [3.63, 3.8) is 0 Å². The first kappa shape index (κ1) is 11.4. The quantitative estimate of drug-likeness (QED) is 0.411. The van der Waals surface area contributed by atoms with Gasteiger partial charge < -0.3 is 0 Å². The third-order valence-electron chi connectivity index (χ3n) is 2.07. The third-order valence-corrected chi connectivity index (χ3v) is 2.07. The number of ketones is 1. The molecule has 0 heterocycles. The Kier molecular flexibility index (Phi) is 4.55. The molecule has 1 aromatic rings. The first-order chi connectivity index (χ1) is 7.24. The molecule has 0 N–H and O–H groups in total. The number of aryl methyl sites for hydroxylation is 1. The van der Waals surface area contributed by atoms with Crippen LogP contribution in [0.15, 0.2) is 48.6 Å². The molecule has 15 heavy (non-hydrogen) atoms. The molecule has 0 unspecified atom stereocenters. The first-order valence-electron chi connectivity index (χ1n) is 5.18. The van der Waals surface area contributed by atoms with Crippen molar-refractivity contribution in [2.75, 3.05) is 0 Å². The molecule has 0 spiro atoms. The van der Waals surface area contributed by atoms with E-state index in [1.165, 1.54) is 5.56 Å². The molecule has 1 aromatic carbocycles. The van der Waals surface area contributed by atoms with Crippen LogP contribution in [0.1, 0.15) is 29.3 Å². The molecule has 0 saturated carbocycles. The standard InChI is InChI=1S/C14H16O/c1-3-4-5-6-7-14(15)13-10-8-12(2)9-11-13/h4-11H,3H2,1-2H3/b5-4-,7-6+. The Bertz CT molecular complexity index is 369. The molecule has 0 aliphatic rings. The van der Waals surface area contributed by atoms with E-state index in [2.05, 4.69) is 6.92 Å². The highest BCUT2D eigenvalue weighted by atomic mass is 16.1. The maximum atomic E-state index is 11.6. The summed E-state index contributed by atoms with van der Waals surface area (Å²) in [5.74, 6) is 0.0516. The summed E-state index contributed by atoms with van der Waals surface area (Å²) >= 11 is 0. The van der Waals surface area contributed by atoms with Crippen molar-refractivity contribution in [1.29, 1.82) is 0 Å². The largest absolute Gasteiger partial charge is 0.289 e. The van der Waals surface area contributed by atoms with Crippen molar-refractivity contribution >= 4 is 5.78 Å². The van der Waals surface area contributed by atoms with Gasteiger partial charge >= 0.3 is 0 Å². The summed E-state index contributed by atoms with van der Waals surface area (Å²) in [4.78, 5) is 11.6. The van der Waals surface area contributed by atoms with E-state index in [0.717, 1.165) is 12.0 Å². The third kappa shape index (κ3) is 3.94. The topological polar surface area (TPSA) is 17.1 Å². The predicted molar refractivity (Wildman–Crippen MR) is 64.1 cm³/mol. The highest BCUT2D eigenvalue weighted by Crippen LogP contribution is 2.04. The summed E-state index contributed by atoms with van der Waals surface area (Å²) in [5, 5.41) is 0. The van der Waals surface area contributed by atoms with E-state index in [1.807, 2.05) is 43.3 Å². The van der Waals surface area contributed by atoms with Crippen LogP contribution >= 0.6 is 0 Å². The maximum Gasteiger partial charge on any atom is 0.185 e. The number of carbonyl (C=O) groups is 1. The predicted octanol–water partition coefficient (Wildman–Crippen LogP) is 3.70. The smallest absolute Gasteiger partial charge is 0.185 e. The van der Waals surface area contributed by atoms with Gasteiger partial charge in [-0.2, -0.15) is 0 Å². The van der Waals surface area contributed by atoms with E-state index < -0.39 is 0 Å². The molecular weight excluding hydrogens is 184 g/mol. The minimum atomic E-state index is 0.0516. The van der Waals surface area contributed by atoms with Crippen LogP contribution in [0.2, 0.25) is 0 Å².